The van der Waals surface area contributed by atoms with Crippen molar-refractivity contribution in [1.29, 1.82) is 0 Å². The molecule has 0 aromatic heterocycles. The third-order valence-electron chi connectivity index (χ3n) is 4.26. The first-order valence-electron chi connectivity index (χ1n) is 8.92. The van der Waals surface area contributed by atoms with Crippen molar-refractivity contribution >= 4 is 27.9 Å². The zero-order chi connectivity index (χ0) is 18.7. The highest BCUT2D eigenvalue weighted by Gasteiger charge is 2.09. The van der Waals surface area contributed by atoms with Gasteiger partial charge in [0.15, 0.2) is 0 Å². The van der Waals surface area contributed by atoms with Crippen LogP contribution in [0.3, 0.4) is 0 Å². The summed E-state index contributed by atoms with van der Waals surface area (Å²) in [5, 5.41) is 5.26. The van der Waals surface area contributed by atoms with Gasteiger partial charge in [0.25, 0.3) is 5.91 Å². The summed E-state index contributed by atoms with van der Waals surface area (Å²) in [6.45, 7) is 8.65. The average Bonchev–Trinajstić information content (AvgIpc) is 2.60. The highest BCUT2D eigenvalue weighted by atomic mass is 16.1. The van der Waals surface area contributed by atoms with E-state index in [4.69, 9.17) is 0 Å². The smallest absolute Gasteiger partial charge is 0.255 e. The molecular formula is C24H25NO. The Morgan fingerprint density at radius 2 is 1.46 bits per heavy atom. The van der Waals surface area contributed by atoms with Gasteiger partial charge in [0.2, 0.25) is 0 Å². The van der Waals surface area contributed by atoms with Crippen molar-refractivity contribution in [2.45, 2.75) is 27.7 Å². The summed E-state index contributed by atoms with van der Waals surface area (Å²) >= 11 is 0. The quantitative estimate of drug-likeness (QED) is 0.574. The Bertz CT molecular complexity index is 959. The number of allylic oxidation sites excluding steroid dienone is 2. The summed E-state index contributed by atoms with van der Waals surface area (Å²) < 4.78 is 0. The lowest BCUT2D eigenvalue weighted by Gasteiger charge is -2.14. The van der Waals surface area contributed by atoms with Gasteiger partial charge in [-0.3, -0.25) is 4.79 Å². The van der Waals surface area contributed by atoms with Crippen LogP contribution in [0.1, 0.15) is 43.6 Å². The van der Waals surface area contributed by atoms with Crippen molar-refractivity contribution in [2.24, 2.45) is 5.41 Å². The van der Waals surface area contributed by atoms with E-state index in [1.54, 1.807) is 0 Å². The summed E-state index contributed by atoms with van der Waals surface area (Å²) in [7, 11) is 0. The molecule has 0 unspecified atom stereocenters. The minimum Gasteiger partial charge on any atom is -0.322 e. The average molecular weight is 343 g/mol. The molecule has 0 aliphatic rings. The predicted molar refractivity (Wildman–Crippen MR) is 111 cm³/mol. The van der Waals surface area contributed by atoms with Crippen molar-refractivity contribution in [2.75, 3.05) is 5.32 Å². The summed E-state index contributed by atoms with van der Waals surface area (Å²) in [5.41, 5.74) is 3.96. The van der Waals surface area contributed by atoms with Crippen LogP contribution in [-0.4, -0.2) is 5.91 Å². The fourth-order valence-corrected chi connectivity index (χ4v) is 3.09. The van der Waals surface area contributed by atoms with Crippen molar-refractivity contribution in [3.8, 4) is 0 Å². The Hall–Kier alpha value is -2.87. The molecule has 2 heteroatoms. The minimum absolute atomic E-state index is 0.0933. The second-order valence-corrected chi connectivity index (χ2v) is 7.79. The molecule has 0 spiro atoms. The van der Waals surface area contributed by atoms with E-state index in [0.717, 1.165) is 22.0 Å². The van der Waals surface area contributed by atoms with Gasteiger partial charge >= 0.3 is 0 Å². The second-order valence-electron chi connectivity index (χ2n) is 7.79. The van der Waals surface area contributed by atoms with Gasteiger partial charge in [-0.15, -0.1) is 0 Å². The van der Waals surface area contributed by atoms with E-state index in [0.29, 0.717) is 5.56 Å². The maximum atomic E-state index is 12.5. The molecular weight excluding hydrogens is 318 g/mol. The zero-order valence-electron chi connectivity index (χ0n) is 15.8. The van der Waals surface area contributed by atoms with E-state index < -0.39 is 0 Å². The van der Waals surface area contributed by atoms with Gasteiger partial charge in [-0.1, -0.05) is 69.3 Å². The first-order valence-corrected chi connectivity index (χ1v) is 8.92. The summed E-state index contributed by atoms with van der Waals surface area (Å²) in [5.74, 6) is -0.0933. The Labute approximate surface area is 155 Å². The highest BCUT2D eigenvalue weighted by molar-refractivity contribution is 6.05. The topological polar surface area (TPSA) is 29.1 Å². The normalized spacial score (nSPS) is 12.2. The Balaban J connectivity index is 1.76. The molecule has 26 heavy (non-hydrogen) atoms. The van der Waals surface area contributed by atoms with Crippen LogP contribution in [-0.2, 0) is 0 Å². The fraction of sp³-hybridized carbons (Fsp3) is 0.208. The van der Waals surface area contributed by atoms with E-state index in [1.807, 2.05) is 60.7 Å². The molecule has 0 heterocycles. The standard InChI is InChI=1S/C24H25NO/c1-17(16-24(2,3)4)18-9-11-20(12-10-18)23(26)25-22-14-13-19-7-5-6-8-21(19)15-22/h5-16H,1-4H3,(H,25,26)/b17-16-. The molecule has 0 fully saturated rings. The Kier molecular flexibility index (Phi) is 4.94. The highest BCUT2D eigenvalue weighted by Crippen LogP contribution is 2.24. The molecule has 0 aliphatic carbocycles. The molecule has 2 nitrogen and oxygen atoms in total. The van der Waals surface area contributed by atoms with Crippen LogP contribution >= 0.6 is 0 Å². The molecule has 0 saturated carbocycles. The molecule has 0 saturated heterocycles. The number of anilines is 1. The van der Waals surface area contributed by atoms with Crippen LogP contribution in [0.5, 0.6) is 0 Å². The summed E-state index contributed by atoms with van der Waals surface area (Å²) in [6, 6.07) is 21.9. The number of nitrogens with one attached hydrogen (secondary N) is 1. The lowest BCUT2D eigenvalue weighted by atomic mass is 9.91. The first-order chi connectivity index (χ1) is 12.3. The van der Waals surface area contributed by atoms with Crippen LogP contribution in [0.25, 0.3) is 16.3 Å². The third-order valence-corrected chi connectivity index (χ3v) is 4.26. The number of fused-ring (bicyclic) bond motifs is 1. The molecule has 1 amide bonds. The van der Waals surface area contributed by atoms with E-state index >= 15 is 0 Å². The van der Waals surface area contributed by atoms with E-state index in [2.05, 4.69) is 45.2 Å². The molecule has 3 aromatic carbocycles. The molecule has 0 aliphatic heterocycles. The SMILES string of the molecule is C/C(=C/C(C)(C)C)c1ccc(C(=O)Nc2ccc3ccccc3c2)cc1. The van der Waals surface area contributed by atoms with Crippen molar-refractivity contribution in [3.05, 3.63) is 83.9 Å². The summed E-state index contributed by atoms with van der Waals surface area (Å²) in [4.78, 5) is 12.5. The molecule has 0 atom stereocenters. The van der Waals surface area contributed by atoms with Gasteiger partial charge in [0.1, 0.15) is 0 Å². The minimum atomic E-state index is -0.0933. The lowest BCUT2D eigenvalue weighted by molar-refractivity contribution is 0.102. The molecule has 0 radical (unpaired) electrons. The van der Waals surface area contributed by atoms with E-state index in [9.17, 15) is 4.79 Å². The number of hydrogen-bond acceptors (Lipinski definition) is 1. The number of hydrogen-bond donors (Lipinski definition) is 1. The number of benzene rings is 3. The predicted octanol–water partition coefficient (Wildman–Crippen LogP) is 6.54. The van der Waals surface area contributed by atoms with Gasteiger partial charge in [0, 0.05) is 11.3 Å². The van der Waals surface area contributed by atoms with Crippen LogP contribution in [0.15, 0.2) is 72.8 Å². The van der Waals surface area contributed by atoms with Gasteiger partial charge in [-0.05, 0) is 58.5 Å². The molecule has 3 aromatic rings. The van der Waals surface area contributed by atoms with Crippen LogP contribution in [0.4, 0.5) is 5.69 Å². The van der Waals surface area contributed by atoms with E-state index in [-0.39, 0.29) is 11.3 Å². The van der Waals surface area contributed by atoms with Gasteiger partial charge in [0.05, 0.1) is 0 Å². The lowest BCUT2D eigenvalue weighted by Crippen LogP contribution is -2.11. The number of rotatable bonds is 3. The number of carbonyl (C=O) groups excluding carboxylic acids is 1. The number of amides is 1. The molecule has 3 rings (SSSR count). The van der Waals surface area contributed by atoms with Crippen molar-refractivity contribution < 1.29 is 4.79 Å². The fourth-order valence-electron chi connectivity index (χ4n) is 3.09. The third kappa shape index (κ3) is 4.40. The molecule has 0 bridgehead atoms. The van der Waals surface area contributed by atoms with Crippen LogP contribution in [0, 0.1) is 5.41 Å². The van der Waals surface area contributed by atoms with Gasteiger partial charge in [-0.2, -0.15) is 0 Å². The molecule has 132 valence electrons. The van der Waals surface area contributed by atoms with Gasteiger partial charge < -0.3 is 5.32 Å². The number of carbonyl (C=O) groups is 1. The van der Waals surface area contributed by atoms with Crippen LogP contribution in [0.2, 0.25) is 0 Å². The van der Waals surface area contributed by atoms with Gasteiger partial charge in [-0.25, -0.2) is 0 Å². The maximum absolute atomic E-state index is 12.5. The van der Waals surface area contributed by atoms with Crippen molar-refractivity contribution in [3.63, 3.8) is 0 Å². The maximum Gasteiger partial charge on any atom is 0.255 e. The Morgan fingerprint density at radius 3 is 2.12 bits per heavy atom. The van der Waals surface area contributed by atoms with Crippen LogP contribution < -0.4 is 5.32 Å². The zero-order valence-corrected chi connectivity index (χ0v) is 15.8. The molecule has 1 N–H and O–H groups in total. The second kappa shape index (κ2) is 7.17. The summed E-state index contributed by atoms with van der Waals surface area (Å²) in [6.07, 6.45) is 2.25. The van der Waals surface area contributed by atoms with E-state index in [1.165, 1.54) is 5.57 Å². The largest absolute Gasteiger partial charge is 0.322 e. The van der Waals surface area contributed by atoms with Crippen molar-refractivity contribution in [1.82, 2.24) is 0 Å². The first kappa shape index (κ1) is 17.9. The Morgan fingerprint density at radius 1 is 0.846 bits per heavy atom. The monoisotopic (exact) mass is 343 g/mol.